The summed E-state index contributed by atoms with van der Waals surface area (Å²) < 4.78 is 183. The minimum Gasteiger partial charge on any atom is -0.269 e. The summed E-state index contributed by atoms with van der Waals surface area (Å²) in [6.07, 6.45) is 0. The van der Waals surface area contributed by atoms with Gasteiger partial charge >= 0.3 is 0 Å². The molecule has 5 radical (unpaired) electrons. The maximum atomic E-state index is 12.3. The smallest absolute Gasteiger partial charge is 0.147 e. The first-order chi connectivity index (χ1) is 23.0. The third-order valence-corrected chi connectivity index (χ3v) is 6.77. The molecule has 55 heavy (non-hydrogen) atoms. The molecule has 5 rings (SSSR count). The molecule has 305 valence electrons. The number of hydrogen-bond acceptors (Lipinski definition) is 0. The first kappa shape index (κ1) is 60.1. The summed E-state index contributed by atoms with van der Waals surface area (Å²) >= 11 is 21.2. The van der Waals surface area contributed by atoms with E-state index in [-0.39, 0.29) is 23.5 Å². The second-order valence-electron chi connectivity index (χ2n) is 8.49. The fraction of sp³-hybridized carbons (Fsp3) is 0. The van der Waals surface area contributed by atoms with Gasteiger partial charge < -0.3 is 0 Å². The highest BCUT2D eigenvalue weighted by Gasteiger charge is 2.10. The Balaban J connectivity index is -0.000000185. The molecular formula is C30H15F20S5. The molecule has 0 aromatic heterocycles. The monoisotopic (exact) mass is 915 g/mol. The van der Waals surface area contributed by atoms with E-state index in [0.29, 0.717) is 60.7 Å². The van der Waals surface area contributed by atoms with Gasteiger partial charge in [0, 0.05) is 60.7 Å². The second kappa shape index (κ2) is 27.4. The van der Waals surface area contributed by atoms with Gasteiger partial charge in [0.2, 0.25) is 0 Å². The summed E-state index contributed by atoms with van der Waals surface area (Å²) in [5.74, 6) is -15.1. The van der Waals surface area contributed by atoms with Crippen LogP contribution >= 0.6 is 63.1 Å². The summed E-state index contributed by atoms with van der Waals surface area (Å²) in [4.78, 5) is -2.84. The van der Waals surface area contributed by atoms with Crippen molar-refractivity contribution in [2.75, 3.05) is 0 Å². The molecule has 0 saturated heterocycles. The van der Waals surface area contributed by atoms with Crippen LogP contribution in [0.15, 0.2) is 85.1 Å². The van der Waals surface area contributed by atoms with Gasteiger partial charge in [0.15, 0.2) is 0 Å². The van der Waals surface area contributed by atoms with Gasteiger partial charge in [0.25, 0.3) is 0 Å². The maximum absolute atomic E-state index is 12.3. The summed E-state index contributed by atoms with van der Waals surface area (Å²) in [5, 5.41) is 0. The molecule has 0 spiro atoms. The highest BCUT2D eigenvalue weighted by molar-refractivity contribution is 7.81. The lowest BCUT2D eigenvalue weighted by Crippen LogP contribution is -1.86. The SMILES string of the molecule is F.F.F.F.F.Fc1cc(F)c([S])c(F)c1.Fc1cc(F)c([S])c(F)c1.Fc1cc(F)c([S])c(F)c1.Fc1cc(F)c([S])c(F)c1.Fc1cc(F)c([S])c(F)c1. The van der Waals surface area contributed by atoms with E-state index in [1.54, 1.807) is 0 Å². The molecule has 5 aromatic rings. The summed E-state index contributed by atoms with van der Waals surface area (Å²) in [5.41, 5.74) is 0. The predicted molar refractivity (Wildman–Crippen MR) is 173 cm³/mol. The summed E-state index contributed by atoms with van der Waals surface area (Å²) in [7, 11) is 0. The Morgan fingerprint density at radius 3 is 0.345 bits per heavy atom. The van der Waals surface area contributed by atoms with Crippen molar-refractivity contribution in [1.29, 1.82) is 0 Å². The number of halogens is 20. The van der Waals surface area contributed by atoms with E-state index < -0.39 is 112 Å². The van der Waals surface area contributed by atoms with Crippen molar-refractivity contribution in [2.24, 2.45) is 0 Å². The van der Waals surface area contributed by atoms with Crippen LogP contribution in [0.5, 0.6) is 0 Å². The van der Waals surface area contributed by atoms with Crippen molar-refractivity contribution < 1.29 is 89.4 Å². The minimum absolute atomic E-state index is 0. The van der Waals surface area contributed by atoms with Gasteiger partial charge in [0.05, 0.1) is 0 Å². The first-order valence-corrected chi connectivity index (χ1v) is 14.2. The molecule has 5 aromatic carbocycles. The zero-order chi connectivity index (χ0) is 38.6. The Morgan fingerprint density at radius 2 is 0.273 bits per heavy atom. The summed E-state index contributed by atoms with van der Waals surface area (Å²) in [6.45, 7) is 0. The van der Waals surface area contributed by atoms with Crippen molar-refractivity contribution in [3.8, 4) is 0 Å². The zero-order valence-electron chi connectivity index (χ0n) is 25.5. The number of benzene rings is 5. The second-order valence-corrected chi connectivity index (χ2v) is 10.5. The van der Waals surface area contributed by atoms with Gasteiger partial charge in [-0.05, 0) is 0 Å². The molecule has 0 nitrogen and oxygen atoms in total. The van der Waals surface area contributed by atoms with E-state index in [0.717, 1.165) is 0 Å². The molecule has 25 heteroatoms. The van der Waals surface area contributed by atoms with Crippen LogP contribution in [0.4, 0.5) is 89.4 Å². The van der Waals surface area contributed by atoms with Gasteiger partial charge in [0.1, 0.15) is 112 Å². The van der Waals surface area contributed by atoms with Gasteiger partial charge in [-0.1, -0.05) is 63.1 Å². The fourth-order valence-electron chi connectivity index (χ4n) is 2.64. The topological polar surface area (TPSA) is 0 Å². The number of hydrogen-bond donors (Lipinski definition) is 0. The Kier molecular flexibility index (Phi) is 29.9. The van der Waals surface area contributed by atoms with Crippen LogP contribution < -0.4 is 0 Å². The summed E-state index contributed by atoms with van der Waals surface area (Å²) in [6, 6.07) is 5.47. The largest absolute Gasteiger partial charge is 0.269 e. The molecule has 0 N–H and O–H groups in total. The average molecular weight is 916 g/mol. The van der Waals surface area contributed by atoms with E-state index in [2.05, 4.69) is 63.1 Å². The lowest BCUT2D eigenvalue weighted by molar-refractivity contribution is 0.510. The Hall–Kier alpha value is -4.20. The van der Waals surface area contributed by atoms with Crippen LogP contribution in [0.25, 0.3) is 0 Å². The van der Waals surface area contributed by atoms with Crippen molar-refractivity contribution in [2.45, 2.75) is 24.5 Å². The van der Waals surface area contributed by atoms with Gasteiger partial charge in [-0.3, -0.25) is 23.5 Å². The molecule has 0 aliphatic rings. The molecule has 0 unspecified atom stereocenters. The van der Waals surface area contributed by atoms with Gasteiger partial charge in [-0.2, -0.15) is 0 Å². The van der Waals surface area contributed by atoms with Gasteiger partial charge in [-0.15, -0.1) is 0 Å². The van der Waals surface area contributed by atoms with Crippen molar-refractivity contribution in [3.05, 3.63) is 148 Å². The Labute approximate surface area is 324 Å². The first-order valence-electron chi connectivity index (χ1n) is 12.1. The maximum Gasteiger partial charge on any atom is 0.147 e. The molecule has 0 heterocycles. The number of rotatable bonds is 0. The molecule has 0 aliphatic heterocycles. The lowest BCUT2D eigenvalue weighted by Gasteiger charge is -1.94. The highest BCUT2D eigenvalue weighted by atomic mass is 32.1. The Morgan fingerprint density at radius 1 is 0.200 bits per heavy atom. The van der Waals surface area contributed by atoms with Gasteiger partial charge in [-0.25, -0.2) is 65.9 Å². The van der Waals surface area contributed by atoms with Crippen molar-refractivity contribution in [1.82, 2.24) is 0 Å². The molecule has 0 amide bonds. The van der Waals surface area contributed by atoms with E-state index in [1.165, 1.54) is 0 Å². The lowest BCUT2D eigenvalue weighted by atomic mass is 10.3. The average Bonchev–Trinajstić information content (AvgIpc) is 3.00. The van der Waals surface area contributed by atoms with E-state index in [1.807, 2.05) is 0 Å². The normalized spacial score (nSPS) is 9.00. The molecule has 0 atom stereocenters. The standard InChI is InChI=1S/5C6H2F3S.5FH/c5*7-3-1-4(8)6(10)5(9)2-3;;;;;/h5*1-2H;5*1H. The highest BCUT2D eigenvalue weighted by Crippen LogP contribution is 2.21. The third-order valence-electron chi connectivity index (χ3n) is 4.82. The molecule has 0 fully saturated rings. The van der Waals surface area contributed by atoms with E-state index in [4.69, 9.17) is 0 Å². The van der Waals surface area contributed by atoms with Crippen LogP contribution in [0.2, 0.25) is 0 Å². The quantitative estimate of drug-likeness (QED) is 0.136. The van der Waals surface area contributed by atoms with Crippen LogP contribution in [0, 0.1) is 87.3 Å². The molecule has 0 bridgehead atoms. The third kappa shape index (κ3) is 19.8. The van der Waals surface area contributed by atoms with Crippen LogP contribution in [-0.4, -0.2) is 0 Å². The predicted octanol–water partition coefficient (Wildman–Crippen LogP) is 14.1. The molecule has 0 aliphatic carbocycles. The van der Waals surface area contributed by atoms with Crippen LogP contribution in [0.3, 0.4) is 0 Å². The van der Waals surface area contributed by atoms with Crippen molar-refractivity contribution in [3.63, 3.8) is 0 Å². The zero-order valence-corrected chi connectivity index (χ0v) is 29.6. The Bertz CT molecular complexity index is 1510. The van der Waals surface area contributed by atoms with Crippen molar-refractivity contribution >= 4 is 63.1 Å². The molecular weight excluding hydrogens is 901 g/mol. The van der Waals surface area contributed by atoms with Crippen LogP contribution in [0.1, 0.15) is 0 Å². The van der Waals surface area contributed by atoms with E-state index in [9.17, 15) is 65.9 Å². The molecule has 0 saturated carbocycles. The minimum atomic E-state index is -1.03. The van der Waals surface area contributed by atoms with E-state index >= 15 is 0 Å². The van der Waals surface area contributed by atoms with Crippen LogP contribution in [-0.2, 0) is 0 Å². The fourth-order valence-corrected chi connectivity index (χ4v) is 3.23.